The van der Waals surface area contributed by atoms with Crippen LogP contribution in [0.15, 0.2) is 60.7 Å². The molecule has 2 rings (SSSR count). The molecule has 0 aliphatic rings. The van der Waals surface area contributed by atoms with Gasteiger partial charge in [-0.3, -0.25) is 9.59 Å². The predicted molar refractivity (Wildman–Crippen MR) is 147 cm³/mol. The summed E-state index contributed by atoms with van der Waals surface area (Å²) in [7, 11) is 0. The van der Waals surface area contributed by atoms with Crippen molar-refractivity contribution < 1.29 is 30.0 Å². The minimum atomic E-state index is -1.49. The van der Waals surface area contributed by atoms with Gasteiger partial charge in [0.1, 0.15) is 24.4 Å². The van der Waals surface area contributed by atoms with E-state index in [-0.39, 0.29) is 24.7 Å². The number of hydrogen-bond acceptors (Lipinski definition) is 6. The van der Waals surface area contributed by atoms with Gasteiger partial charge in [0.25, 0.3) is 0 Å². The maximum absolute atomic E-state index is 12.9. The molecule has 0 heterocycles. The summed E-state index contributed by atoms with van der Waals surface area (Å²) in [6, 6.07) is 16.5. The molecule has 0 bridgehead atoms. The Kier molecular flexibility index (Phi) is 12.9. The number of rotatable bonds is 15. The highest BCUT2D eigenvalue weighted by atomic mass is 16.3. The molecule has 8 atom stereocenters. The third-order valence-corrected chi connectivity index (χ3v) is 7.33. The standard InChI is InChI=1S/C30H44N2O6/c1-5-19(3)25(33)29(37)31-23(17-21-13-9-7-10-14-21)27(35)28(36)24(18-22-15-11-8-12-16-22)32-30(38)26(34)20(4)6-2/h7-16,19-20,23-28,33-36H,5-6,17-18H2,1-4H3,(H,31,37)(H,32,38)/t19?,20?,23-,24-,25?,26?,27-,28-/m0/s1. The topological polar surface area (TPSA) is 139 Å². The van der Waals surface area contributed by atoms with Crippen LogP contribution in [0.2, 0.25) is 0 Å². The van der Waals surface area contributed by atoms with E-state index in [0.29, 0.717) is 12.8 Å². The Morgan fingerprint density at radius 2 is 0.947 bits per heavy atom. The average molecular weight is 529 g/mol. The molecule has 38 heavy (non-hydrogen) atoms. The van der Waals surface area contributed by atoms with Gasteiger partial charge in [0.2, 0.25) is 11.8 Å². The second-order valence-corrected chi connectivity index (χ2v) is 10.3. The van der Waals surface area contributed by atoms with Crippen molar-refractivity contribution >= 4 is 11.8 Å². The smallest absolute Gasteiger partial charge is 0.249 e. The predicted octanol–water partition coefficient (Wildman–Crippen LogP) is 1.98. The van der Waals surface area contributed by atoms with Gasteiger partial charge in [-0.2, -0.15) is 0 Å². The Morgan fingerprint density at radius 1 is 0.632 bits per heavy atom. The van der Waals surface area contributed by atoms with Crippen LogP contribution in [0.1, 0.15) is 51.7 Å². The van der Waals surface area contributed by atoms with Gasteiger partial charge in [-0.15, -0.1) is 0 Å². The number of benzene rings is 2. The van der Waals surface area contributed by atoms with Gasteiger partial charge in [0, 0.05) is 0 Å². The summed E-state index contributed by atoms with van der Waals surface area (Å²) in [5, 5.41) is 49.0. The van der Waals surface area contributed by atoms with Gasteiger partial charge in [0.15, 0.2) is 0 Å². The number of aliphatic hydroxyl groups excluding tert-OH is 4. The summed E-state index contributed by atoms with van der Waals surface area (Å²) >= 11 is 0. The second-order valence-electron chi connectivity index (χ2n) is 10.3. The monoisotopic (exact) mass is 528 g/mol. The first kappa shape index (κ1) is 31.4. The van der Waals surface area contributed by atoms with E-state index in [4.69, 9.17) is 0 Å². The highest BCUT2D eigenvalue weighted by Gasteiger charge is 2.36. The van der Waals surface area contributed by atoms with E-state index >= 15 is 0 Å². The maximum Gasteiger partial charge on any atom is 0.249 e. The van der Waals surface area contributed by atoms with E-state index in [1.807, 2.05) is 74.5 Å². The van der Waals surface area contributed by atoms with Crippen molar-refractivity contribution in [1.29, 1.82) is 0 Å². The molecule has 2 amide bonds. The van der Waals surface area contributed by atoms with Crippen molar-refractivity contribution in [2.75, 3.05) is 0 Å². The van der Waals surface area contributed by atoms with E-state index < -0.39 is 48.3 Å². The number of carbonyl (C=O) groups is 2. The van der Waals surface area contributed by atoms with E-state index in [9.17, 15) is 30.0 Å². The van der Waals surface area contributed by atoms with Gasteiger partial charge < -0.3 is 31.1 Å². The van der Waals surface area contributed by atoms with Crippen molar-refractivity contribution in [1.82, 2.24) is 10.6 Å². The first-order valence-corrected chi connectivity index (χ1v) is 13.5. The second kappa shape index (κ2) is 15.6. The minimum Gasteiger partial charge on any atom is -0.388 e. The van der Waals surface area contributed by atoms with E-state index in [2.05, 4.69) is 10.6 Å². The molecule has 210 valence electrons. The number of aliphatic hydroxyl groups is 4. The molecule has 8 nitrogen and oxygen atoms in total. The van der Waals surface area contributed by atoms with Crippen LogP contribution in [0.3, 0.4) is 0 Å². The van der Waals surface area contributed by atoms with Crippen molar-refractivity contribution in [3.8, 4) is 0 Å². The largest absolute Gasteiger partial charge is 0.388 e. The molecule has 2 aromatic carbocycles. The zero-order valence-electron chi connectivity index (χ0n) is 22.8. The van der Waals surface area contributed by atoms with Crippen LogP contribution in [-0.2, 0) is 22.4 Å². The maximum atomic E-state index is 12.9. The Bertz CT molecular complexity index is 894. The highest BCUT2D eigenvalue weighted by Crippen LogP contribution is 2.17. The van der Waals surface area contributed by atoms with Gasteiger partial charge in [-0.05, 0) is 35.8 Å². The van der Waals surface area contributed by atoms with E-state index in [0.717, 1.165) is 11.1 Å². The summed E-state index contributed by atoms with van der Waals surface area (Å²) in [6.07, 6.45) is -3.95. The zero-order chi connectivity index (χ0) is 28.2. The van der Waals surface area contributed by atoms with Crippen LogP contribution in [0.5, 0.6) is 0 Å². The molecule has 4 unspecified atom stereocenters. The fraction of sp³-hybridized carbons (Fsp3) is 0.533. The van der Waals surface area contributed by atoms with Crippen molar-refractivity contribution in [2.24, 2.45) is 11.8 Å². The number of amides is 2. The van der Waals surface area contributed by atoms with E-state index in [1.54, 1.807) is 13.8 Å². The van der Waals surface area contributed by atoms with Crippen LogP contribution >= 0.6 is 0 Å². The van der Waals surface area contributed by atoms with Crippen LogP contribution in [0.25, 0.3) is 0 Å². The molecule has 8 heteroatoms. The van der Waals surface area contributed by atoms with Crippen LogP contribution in [0, 0.1) is 11.8 Å². The molecule has 0 fully saturated rings. The molecular formula is C30H44N2O6. The first-order chi connectivity index (χ1) is 18.1. The van der Waals surface area contributed by atoms with Crippen LogP contribution in [-0.4, -0.2) is 68.7 Å². The van der Waals surface area contributed by atoms with Crippen LogP contribution in [0.4, 0.5) is 0 Å². The molecule has 0 aliphatic carbocycles. The van der Waals surface area contributed by atoms with Crippen molar-refractivity contribution in [3.05, 3.63) is 71.8 Å². The normalized spacial score (nSPS) is 17.8. The van der Waals surface area contributed by atoms with Gasteiger partial charge in [-0.25, -0.2) is 0 Å². The summed E-state index contributed by atoms with van der Waals surface area (Å²) in [4.78, 5) is 25.7. The van der Waals surface area contributed by atoms with Crippen molar-refractivity contribution in [2.45, 2.75) is 89.9 Å². The van der Waals surface area contributed by atoms with Gasteiger partial charge in [0.05, 0.1) is 12.1 Å². The lowest BCUT2D eigenvalue weighted by molar-refractivity contribution is -0.136. The molecule has 0 saturated heterocycles. The Hall–Kier alpha value is -2.78. The quantitative estimate of drug-likeness (QED) is 0.209. The lowest BCUT2D eigenvalue weighted by Crippen LogP contribution is -2.59. The molecule has 0 aromatic heterocycles. The lowest BCUT2D eigenvalue weighted by Gasteiger charge is -2.34. The minimum absolute atomic E-state index is 0.194. The highest BCUT2D eigenvalue weighted by molar-refractivity contribution is 5.81. The molecule has 6 N–H and O–H groups in total. The molecule has 0 radical (unpaired) electrons. The Morgan fingerprint density at radius 3 is 1.24 bits per heavy atom. The van der Waals surface area contributed by atoms with Gasteiger partial charge >= 0.3 is 0 Å². The summed E-state index contributed by atoms with van der Waals surface area (Å²) in [5.74, 6) is -1.85. The Balaban J connectivity index is 2.33. The summed E-state index contributed by atoms with van der Waals surface area (Å²) in [5.41, 5.74) is 1.64. The Labute approximate surface area is 226 Å². The molecular weight excluding hydrogens is 484 g/mol. The summed E-state index contributed by atoms with van der Waals surface area (Å²) in [6.45, 7) is 7.25. The van der Waals surface area contributed by atoms with Crippen molar-refractivity contribution in [3.63, 3.8) is 0 Å². The molecule has 0 saturated carbocycles. The first-order valence-electron chi connectivity index (χ1n) is 13.5. The van der Waals surface area contributed by atoms with Gasteiger partial charge in [-0.1, -0.05) is 101 Å². The van der Waals surface area contributed by atoms with E-state index in [1.165, 1.54) is 0 Å². The molecule has 2 aromatic rings. The number of hydrogen-bond donors (Lipinski definition) is 6. The molecule has 0 aliphatic heterocycles. The van der Waals surface area contributed by atoms with Crippen LogP contribution < -0.4 is 10.6 Å². The number of carbonyl (C=O) groups excluding carboxylic acids is 2. The third-order valence-electron chi connectivity index (χ3n) is 7.33. The zero-order valence-corrected chi connectivity index (χ0v) is 22.8. The fourth-order valence-corrected chi connectivity index (χ4v) is 4.23. The number of nitrogens with one attached hydrogen (secondary N) is 2. The SMILES string of the molecule is CCC(C)C(O)C(=O)N[C@@H](Cc1ccccc1)[C@H](O)[C@@H](O)[C@H](Cc1ccccc1)NC(=O)C(O)C(C)CC. The summed E-state index contributed by atoms with van der Waals surface area (Å²) < 4.78 is 0. The average Bonchev–Trinajstić information content (AvgIpc) is 2.94. The fourth-order valence-electron chi connectivity index (χ4n) is 4.23. The lowest BCUT2D eigenvalue weighted by atomic mass is 9.90. The molecule has 0 spiro atoms. The third kappa shape index (κ3) is 9.20.